The predicted molar refractivity (Wildman–Crippen MR) is 58.6 cm³/mol. The quantitative estimate of drug-likeness (QED) is 0.364. The van der Waals surface area contributed by atoms with Gasteiger partial charge in [0, 0.05) is 15.4 Å². The Morgan fingerprint density at radius 2 is 2.00 bits per heavy atom. The van der Waals surface area contributed by atoms with Gasteiger partial charge in [-0.15, -0.1) is 0 Å². The van der Waals surface area contributed by atoms with E-state index in [1.165, 1.54) is 5.57 Å². The van der Waals surface area contributed by atoms with Crippen LogP contribution >= 0.6 is 0 Å². The summed E-state index contributed by atoms with van der Waals surface area (Å²) in [4.78, 5) is 0. The normalized spacial score (nSPS) is 13.2. The first-order chi connectivity index (χ1) is 5.54. The maximum atomic E-state index is 5.53. The van der Waals surface area contributed by atoms with Gasteiger partial charge >= 0.3 is 0 Å². The van der Waals surface area contributed by atoms with E-state index in [0.717, 1.165) is 18.8 Å². The monoisotopic (exact) mass is 186 g/mol. The van der Waals surface area contributed by atoms with E-state index in [4.69, 9.17) is 4.74 Å². The van der Waals surface area contributed by atoms with Crippen molar-refractivity contribution in [1.82, 2.24) is 0 Å². The molecule has 0 aromatic heterocycles. The van der Waals surface area contributed by atoms with E-state index in [-0.39, 0.29) is 0 Å². The molecule has 0 N–H and O–H groups in total. The first kappa shape index (κ1) is 11.9. The second-order valence-corrected chi connectivity index (χ2v) is 7.67. The molecule has 0 radical (unpaired) electrons. The van der Waals surface area contributed by atoms with Gasteiger partial charge in [0.2, 0.25) is 0 Å². The highest BCUT2D eigenvalue weighted by molar-refractivity contribution is 6.57. The molecule has 0 aliphatic rings. The van der Waals surface area contributed by atoms with E-state index < -0.39 is 8.80 Å². The first-order valence-electron chi connectivity index (χ1n) is 4.75. The molecule has 0 saturated carbocycles. The number of rotatable bonds is 5. The molecule has 0 heterocycles. The first-order valence-corrected chi connectivity index (χ1v) is 7.72. The molecule has 0 spiro atoms. The summed E-state index contributed by atoms with van der Waals surface area (Å²) in [6.45, 7) is 13.0. The molecule has 0 aliphatic heterocycles. The molecule has 0 aliphatic carbocycles. The SMILES string of the molecule is CC(C)=CCOCC(C)[SiH](C)C. The highest BCUT2D eigenvalue weighted by atomic mass is 28.3. The lowest BCUT2D eigenvalue weighted by atomic mass is 10.3. The Labute approximate surface area is 78.4 Å². The largest absolute Gasteiger partial charge is 0.377 e. The average molecular weight is 186 g/mol. The molecule has 72 valence electrons. The molecule has 0 saturated heterocycles. The van der Waals surface area contributed by atoms with Crippen LogP contribution in [0.3, 0.4) is 0 Å². The Hall–Kier alpha value is -0.0831. The fraction of sp³-hybridized carbons (Fsp3) is 0.800. The molecule has 0 bridgehead atoms. The van der Waals surface area contributed by atoms with Crippen LogP contribution in [0.2, 0.25) is 18.6 Å². The number of hydrogen-bond acceptors (Lipinski definition) is 1. The number of hydrogen-bond donors (Lipinski definition) is 0. The van der Waals surface area contributed by atoms with Gasteiger partial charge in [-0.2, -0.15) is 0 Å². The molecule has 12 heavy (non-hydrogen) atoms. The van der Waals surface area contributed by atoms with E-state index in [0.29, 0.717) is 0 Å². The van der Waals surface area contributed by atoms with Crippen LogP contribution in [0.25, 0.3) is 0 Å². The van der Waals surface area contributed by atoms with Crippen LogP contribution in [0.4, 0.5) is 0 Å². The van der Waals surface area contributed by atoms with Gasteiger partial charge in [0.15, 0.2) is 0 Å². The van der Waals surface area contributed by atoms with Crippen LogP contribution in [0.15, 0.2) is 11.6 Å². The number of allylic oxidation sites excluding steroid dienone is 1. The molecule has 0 aromatic rings. The van der Waals surface area contributed by atoms with Crippen LogP contribution in [-0.2, 0) is 4.74 Å². The van der Waals surface area contributed by atoms with Gasteiger partial charge in [0.05, 0.1) is 6.61 Å². The minimum absolute atomic E-state index is 0.478. The van der Waals surface area contributed by atoms with Crippen LogP contribution in [0, 0.1) is 0 Å². The zero-order valence-electron chi connectivity index (χ0n) is 9.05. The summed E-state index contributed by atoms with van der Waals surface area (Å²) in [5, 5.41) is 0. The standard InChI is InChI=1S/C10H22OSi/c1-9(2)6-7-11-8-10(3)12(4)5/h6,10,12H,7-8H2,1-5H3. The van der Waals surface area contributed by atoms with Crippen LogP contribution < -0.4 is 0 Å². The summed E-state index contributed by atoms with van der Waals surface area (Å²) in [7, 11) is -0.478. The van der Waals surface area contributed by atoms with Crippen molar-refractivity contribution in [2.24, 2.45) is 0 Å². The van der Waals surface area contributed by atoms with Gasteiger partial charge in [-0.3, -0.25) is 0 Å². The van der Waals surface area contributed by atoms with E-state index in [9.17, 15) is 0 Å². The van der Waals surface area contributed by atoms with E-state index in [2.05, 4.69) is 39.9 Å². The Morgan fingerprint density at radius 3 is 2.42 bits per heavy atom. The van der Waals surface area contributed by atoms with Crippen LogP contribution in [0.1, 0.15) is 20.8 Å². The second-order valence-electron chi connectivity index (χ2n) is 4.04. The maximum Gasteiger partial charge on any atom is 0.0649 e. The minimum atomic E-state index is -0.478. The Morgan fingerprint density at radius 1 is 1.42 bits per heavy atom. The van der Waals surface area contributed by atoms with Crippen LogP contribution in [0.5, 0.6) is 0 Å². The Kier molecular flexibility index (Phi) is 6.39. The van der Waals surface area contributed by atoms with Crippen molar-refractivity contribution in [3.63, 3.8) is 0 Å². The van der Waals surface area contributed by atoms with Crippen molar-refractivity contribution < 1.29 is 4.74 Å². The van der Waals surface area contributed by atoms with E-state index >= 15 is 0 Å². The Balaban J connectivity index is 3.38. The van der Waals surface area contributed by atoms with Crippen molar-refractivity contribution in [3.05, 3.63) is 11.6 Å². The van der Waals surface area contributed by atoms with Crippen molar-refractivity contribution in [2.45, 2.75) is 39.4 Å². The fourth-order valence-electron chi connectivity index (χ4n) is 0.672. The number of ether oxygens (including phenoxy) is 1. The lowest BCUT2D eigenvalue weighted by Gasteiger charge is -2.13. The summed E-state index contributed by atoms with van der Waals surface area (Å²) < 4.78 is 5.53. The van der Waals surface area contributed by atoms with Gasteiger partial charge in [0.25, 0.3) is 0 Å². The summed E-state index contributed by atoms with van der Waals surface area (Å²) in [6.07, 6.45) is 2.13. The summed E-state index contributed by atoms with van der Waals surface area (Å²) in [5.74, 6) is 0. The topological polar surface area (TPSA) is 9.23 Å². The van der Waals surface area contributed by atoms with E-state index in [1.807, 2.05) is 0 Å². The van der Waals surface area contributed by atoms with Gasteiger partial charge in [0.1, 0.15) is 0 Å². The molecule has 1 atom stereocenters. The molecular formula is C10H22OSi. The Bertz CT molecular complexity index is 137. The second kappa shape index (κ2) is 6.43. The summed E-state index contributed by atoms with van der Waals surface area (Å²) >= 11 is 0. The molecule has 0 rings (SSSR count). The third-order valence-corrected chi connectivity index (χ3v) is 4.60. The van der Waals surface area contributed by atoms with E-state index in [1.54, 1.807) is 0 Å². The highest BCUT2D eigenvalue weighted by Gasteiger charge is 2.07. The smallest absolute Gasteiger partial charge is 0.0649 e. The summed E-state index contributed by atoms with van der Waals surface area (Å²) in [6, 6.07) is 0. The third kappa shape index (κ3) is 6.62. The fourth-order valence-corrected chi connectivity index (χ4v) is 1.19. The highest BCUT2D eigenvalue weighted by Crippen LogP contribution is 2.08. The zero-order chi connectivity index (χ0) is 9.56. The van der Waals surface area contributed by atoms with Crippen LogP contribution in [-0.4, -0.2) is 22.0 Å². The average Bonchev–Trinajstić information content (AvgIpc) is 1.97. The summed E-state index contributed by atoms with van der Waals surface area (Å²) in [5.41, 5.74) is 2.14. The van der Waals surface area contributed by atoms with Gasteiger partial charge < -0.3 is 4.74 Å². The van der Waals surface area contributed by atoms with Gasteiger partial charge in [-0.25, -0.2) is 0 Å². The molecule has 1 nitrogen and oxygen atoms in total. The van der Waals surface area contributed by atoms with Gasteiger partial charge in [-0.05, 0) is 19.4 Å². The molecule has 1 unspecified atom stereocenters. The van der Waals surface area contributed by atoms with Crippen molar-refractivity contribution in [2.75, 3.05) is 13.2 Å². The molecule has 0 amide bonds. The van der Waals surface area contributed by atoms with Crippen molar-refractivity contribution in [3.8, 4) is 0 Å². The zero-order valence-corrected chi connectivity index (χ0v) is 10.2. The maximum absolute atomic E-state index is 5.53. The predicted octanol–water partition coefficient (Wildman–Crippen LogP) is 2.85. The molecule has 2 heteroatoms. The molecule has 0 fully saturated rings. The lowest BCUT2D eigenvalue weighted by molar-refractivity contribution is 0.162. The van der Waals surface area contributed by atoms with Crippen molar-refractivity contribution >= 4 is 8.80 Å². The van der Waals surface area contributed by atoms with Gasteiger partial charge in [-0.1, -0.05) is 31.7 Å². The third-order valence-electron chi connectivity index (χ3n) is 2.13. The minimum Gasteiger partial charge on any atom is -0.377 e. The molecule has 0 aromatic carbocycles. The molecular weight excluding hydrogens is 164 g/mol. The lowest BCUT2D eigenvalue weighted by Crippen LogP contribution is -2.14. The van der Waals surface area contributed by atoms with Crippen molar-refractivity contribution in [1.29, 1.82) is 0 Å².